The lowest BCUT2D eigenvalue weighted by atomic mass is 9.88. The predicted molar refractivity (Wildman–Crippen MR) is 58.8 cm³/mol. The Morgan fingerprint density at radius 3 is 2.92 bits per heavy atom. The number of rotatable bonds is 1. The third kappa shape index (κ3) is 1.75. The van der Waals surface area contributed by atoms with Crippen LogP contribution in [-0.4, -0.2) is 16.3 Å². The summed E-state index contributed by atoms with van der Waals surface area (Å²) in [7, 11) is 0. The first-order valence-corrected chi connectivity index (χ1v) is 6.21. The van der Waals surface area contributed by atoms with Crippen LogP contribution < -0.4 is 0 Å². The molecule has 3 heteroatoms. The van der Waals surface area contributed by atoms with Gasteiger partial charge in [-0.3, -0.25) is 4.79 Å². The van der Waals surface area contributed by atoms with E-state index in [1.807, 2.05) is 0 Å². The van der Waals surface area contributed by atoms with E-state index >= 15 is 0 Å². The van der Waals surface area contributed by atoms with Crippen molar-refractivity contribution < 1.29 is 9.53 Å². The highest BCUT2D eigenvalue weighted by Crippen LogP contribution is 2.36. The highest BCUT2D eigenvalue weighted by atomic mass is 127. The van der Waals surface area contributed by atoms with Gasteiger partial charge < -0.3 is 4.74 Å². The highest BCUT2D eigenvalue weighted by molar-refractivity contribution is 14.1. The van der Waals surface area contributed by atoms with Crippen molar-refractivity contribution >= 4 is 28.4 Å². The molecule has 2 nitrogen and oxygen atoms in total. The zero-order valence-corrected chi connectivity index (χ0v) is 9.84. The van der Waals surface area contributed by atoms with Crippen molar-refractivity contribution in [2.75, 3.05) is 4.43 Å². The minimum Gasteiger partial charge on any atom is -0.493 e. The van der Waals surface area contributed by atoms with Crippen molar-refractivity contribution in [1.82, 2.24) is 0 Å². The summed E-state index contributed by atoms with van der Waals surface area (Å²) in [5.41, 5.74) is 0.986. The molecule has 1 heterocycles. The quantitative estimate of drug-likeness (QED) is 0.548. The molecule has 0 amide bonds. The molecule has 0 radical (unpaired) electrons. The van der Waals surface area contributed by atoms with Crippen LogP contribution in [0.15, 0.2) is 11.3 Å². The Balaban J connectivity index is 2.16. The third-order valence-corrected chi connectivity index (χ3v) is 3.64. The van der Waals surface area contributed by atoms with Crippen molar-refractivity contribution in [1.29, 1.82) is 0 Å². The van der Waals surface area contributed by atoms with Crippen LogP contribution in [0.1, 0.15) is 26.2 Å². The van der Waals surface area contributed by atoms with Gasteiger partial charge in [0.2, 0.25) is 0 Å². The van der Waals surface area contributed by atoms with Crippen molar-refractivity contribution in [2.45, 2.75) is 32.3 Å². The summed E-state index contributed by atoms with van der Waals surface area (Å²) in [5.74, 6) is 1.78. The van der Waals surface area contributed by atoms with E-state index < -0.39 is 0 Å². The van der Waals surface area contributed by atoms with Crippen LogP contribution in [0.25, 0.3) is 0 Å². The van der Waals surface area contributed by atoms with Gasteiger partial charge in [-0.2, -0.15) is 0 Å². The number of hydrogen-bond acceptors (Lipinski definition) is 2. The molecule has 1 aliphatic heterocycles. The minimum atomic E-state index is 0.264. The van der Waals surface area contributed by atoms with Crippen LogP contribution in [0.4, 0.5) is 0 Å². The van der Waals surface area contributed by atoms with Gasteiger partial charge in [0, 0.05) is 29.3 Å². The number of halogens is 1. The molecular weight excluding hydrogens is 279 g/mol. The number of alkyl halides is 1. The van der Waals surface area contributed by atoms with Gasteiger partial charge in [-0.05, 0) is 5.92 Å². The Kier molecular flexibility index (Phi) is 2.62. The molecular formula is C10H13IO2. The van der Waals surface area contributed by atoms with Crippen LogP contribution >= 0.6 is 22.6 Å². The smallest absolute Gasteiger partial charge is 0.162 e. The molecule has 13 heavy (non-hydrogen) atoms. The summed E-state index contributed by atoms with van der Waals surface area (Å²) in [6.07, 6.45) is 2.80. The van der Waals surface area contributed by atoms with Gasteiger partial charge in [0.25, 0.3) is 0 Å². The van der Waals surface area contributed by atoms with E-state index in [2.05, 4.69) is 29.5 Å². The SMILES string of the molecule is CC1CC(=O)C2=C(C1)OC(CI)C2. The van der Waals surface area contributed by atoms with E-state index in [1.54, 1.807) is 0 Å². The highest BCUT2D eigenvalue weighted by Gasteiger charge is 2.33. The monoisotopic (exact) mass is 292 g/mol. The van der Waals surface area contributed by atoms with E-state index in [-0.39, 0.29) is 6.10 Å². The molecule has 0 aromatic heterocycles. The molecule has 2 unspecified atom stereocenters. The number of allylic oxidation sites excluding steroid dienone is 1. The summed E-state index contributed by atoms with van der Waals surface area (Å²) in [6.45, 7) is 2.11. The first-order chi connectivity index (χ1) is 6.20. The van der Waals surface area contributed by atoms with Gasteiger partial charge in [-0.1, -0.05) is 29.5 Å². The maximum Gasteiger partial charge on any atom is 0.162 e. The molecule has 2 rings (SSSR count). The Morgan fingerprint density at radius 2 is 2.23 bits per heavy atom. The van der Waals surface area contributed by atoms with E-state index in [0.29, 0.717) is 11.7 Å². The van der Waals surface area contributed by atoms with Crippen LogP contribution in [0, 0.1) is 5.92 Å². The normalized spacial score (nSPS) is 33.2. The van der Waals surface area contributed by atoms with E-state index in [0.717, 1.165) is 35.0 Å². The van der Waals surface area contributed by atoms with Gasteiger partial charge in [-0.25, -0.2) is 0 Å². The van der Waals surface area contributed by atoms with Crippen molar-refractivity contribution in [3.63, 3.8) is 0 Å². The molecule has 2 atom stereocenters. The Hall–Kier alpha value is -0.0600. The molecule has 0 spiro atoms. The molecule has 1 aliphatic carbocycles. The minimum absolute atomic E-state index is 0.264. The number of ketones is 1. The van der Waals surface area contributed by atoms with Crippen LogP contribution in [-0.2, 0) is 9.53 Å². The molecule has 0 aromatic carbocycles. The fourth-order valence-corrected chi connectivity index (χ4v) is 2.50. The predicted octanol–water partition coefficient (Wildman–Crippen LogP) is 2.46. The summed E-state index contributed by atoms with van der Waals surface area (Å²) in [5, 5.41) is 0. The fraction of sp³-hybridized carbons (Fsp3) is 0.700. The second kappa shape index (κ2) is 3.59. The van der Waals surface area contributed by atoms with Crippen molar-refractivity contribution in [3.8, 4) is 0 Å². The fourth-order valence-electron chi connectivity index (χ4n) is 2.01. The summed E-state index contributed by atoms with van der Waals surface area (Å²) in [4.78, 5) is 11.6. The topological polar surface area (TPSA) is 26.3 Å². The number of carbonyl (C=O) groups is 1. The zero-order chi connectivity index (χ0) is 9.42. The molecule has 0 bridgehead atoms. The largest absolute Gasteiger partial charge is 0.493 e. The molecule has 0 saturated heterocycles. The van der Waals surface area contributed by atoms with Gasteiger partial charge in [-0.15, -0.1) is 0 Å². The Bertz CT molecular complexity index is 270. The maximum atomic E-state index is 11.6. The lowest BCUT2D eigenvalue weighted by Crippen LogP contribution is -2.15. The molecule has 72 valence electrons. The number of ether oxygens (including phenoxy) is 1. The van der Waals surface area contributed by atoms with Crippen molar-refractivity contribution in [3.05, 3.63) is 11.3 Å². The molecule has 0 saturated carbocycles. The molecule has 2 aliphatic rings. The van der Waals surface area contributed by atoms with E-state index in [1.165, 1.54) is 0 Å². The van der Waals surface area contributed by atoms with Gasteiger partial charge in [0.05, 0.1) is 0 Å². The first kappa shape index (κ1) is 9.49. The van der Waals surface area contributed by atoms with Crippen LogP contribution in [0.3, 0.4) is 0 Å². The number of carbonyl (C=O) groups excluding carboxylic acids is 1. The number of Topliss-reactive ketones (excluding diaryl/α,β-unsaturated/α-hetero) is 1. The second-order valence-corrected chi connectivity index (χ2v) is 4.82. The van der Waals surface area contributed by atoms with Crippen molar-refractivity contribution in [2.24, 2.45) is 5.92 Å². The third-order valence-electron chi connectivity index (χ3n) is 2.65. The van der Waals surface area contributed by atoms with Crippen LogP contribution in [0.5, 0.6) is 0 Å². The second-order valence-electron chi connectivity index (χ2n) is 3.94. The van der Waals surface area contributed by atoms with Gasteiger partial charge >= 0.3 is 0 Å². The standard InChI is InChI=1S/C10H13IO2/c1-6-2-9(12)8-4-7(5-11)13-10(8)3-6/h6-7H,2-5H2,1H3. The summed E-state index contributed by atoms with van der Waals surface area (Å²) in [6, 6.07) is 0. The maximum absolute atomic E-state index is 11.6. The summed E-state index contributed by atoms with van der Waals surface area (Å²) < 4.78 is 6.69. The lowest BCUT2D eigenvalue weighted by molar-refractivity contribution is -0.117. The van der Waals surface area contributed by atoms with E-state index in [9.17, 15) is 4.79 Å². The molecule has 0 N–H and O–H groups in total. The summed E-state index contributed by atoms with van der Waals surface area (Å²) >= 11 is 2.31. The zero-order valence-electron chi connectivity index (χ0n) is 7.68. The van der Waals surface area contributed by atoms with Crippen LogP contribution in [0.2, 0.25) is 0 Å². The average molecular weight is 292 g/mol. The van der Waals surface area contributed by atoms with E-state index in [4.69, 9.17) is 4.74 Å². The van der Waals surface area contributed by atoms with Gasteiger partial charge in [0.15, 0.2) is 5.78 Å². The Labute approximate surface area is 91.9 Å². The first-order valence-electron chi connectivity index (χ1n) is 4.68. The lowest BCUT2D eigenvalue weighted by Gasteiger charge is -2.18. The molecule has 0 aromatic rings. The number of hydrogen-bond donors (Lipinski definition) is 0. The van der Waals surface area contributed by atoms with Gasteiger partial charge in [0.1, 0.15) is 11.9 Å². The average Bonchev–Trinajstić information content (AvgIpc) is 2.47. The Morgan fingerprint density at radius 1 is 1.46 bits per heavy atom. The molecule has 0 fully saturated rings.